The summed E-state index contributed by atoms with van der Waals surface area (Å²) >= 11 is 18.0. The number of ether oxygens (including phenoxy) is 1. The van der Waals surface area contributed by atoms with Gasteiger partial charge in [-0.3, -0.25) is 4.98 Å². The molecule has 0 fully saturated rings. The molecule has 1 aromatic carbocycles. The molecule has 0 saturated heterocycles. The van der Waals surface area contributed by atoms with Gasteiger partial charge in [-0.1, -0.05) is 34.8 Å². The highest BCUT2D eigenvalue weighted by Gasteiger charge is 2.10. The van der Waals surface area contributed by atoms with Crippen LogP contribution in [0.1, 0.15) is 0 Å². The van der Waals surface area contributed by atoms with Crippen LogP contribution < -0.4 is 10.5 Å². The largest absolute Gasteiger partial charge is 0.494 e. The lowest BCUT2D eigenvalue weighted by molar-refractivity contribution is 0.416. The van der Waals surface area contributed by atoms with Crippen LogP contribution in [0.15, 0.2) is 34.8 Å². The van der Waals surface area contributed by atoms with Crippen LogP contribution in [0.2, 0.25) is 15.1 Å². The molecule has 8 heteroatoms. The summed E-state index contributed by atoms with van der Waals surface area (Å²) in [6.07, 6.45) is 2.84. The van der Waals surface area contributed by atoms with Gasteiger partial charge in [-0.05, 0) is 6.07 Å². The van der Waals surface area contributed by atoms with Crippen LogP contribution >= 0.6 is 34.8 Å². The van der Waals surface area contributed by atoms with Crippen molar-refractivity contribution >= 4 is 51.9 Å². The molecule has 0 bridgehead atoms. The third-order valence-electron chi connectivity index (χ3n) is 2.35. The second-order valence-electron chi connectivity index (χ2n) is 3.71. The van der Waals surface area contributed by atoms with Crippen molar-refractivity contribution in [2.75, 3.05) is 12.8 Å². The highest BCUT2D eigenvalue weighted by atomic mass is 35.5. The number of rotatable bonds is 3. The zero-order chi connectivity index (χ0) is 14.7. The Morgan fingerprint density at radius 1 is 1.00 bits per heavy atom. The Labute approximate surface area is 130 Å². The van der Waals surface area contributed by atoms with E-state index in [1.165, 1.54) is 19.5 Å². The van der Waals surface area contributed by atoms with Gasteiger partial charge in [0.15, 0.2) is 0 Å². The zero-order valence-corrected chi connectivity index (χ0v) is 12.5. The van der Waals surface area contributed by atoms with Crippen molar-refractivity contribution < 1.29 is 4.74 Å². The lowest BCUT2D eigenvalue weighted by atomic mass is 10.2. The summed E-state index contributed by atoms with van der Waals surface area (Å²) in [5, 5.41) is 8.90. The number of aromatic nitrogens is 1. The van der Waals surface area contributed by atoms with Crippen molar-refractivity contribution in [3.05, 3.63) is 39.6 Å². The predicted molar refractivity (Wildman–Crippen MR) is 80.8 cm³/mol. The van der Waals surface area contributed by atoms with E-state index in [2.05, 4.69) is 15.2 Å². The molecule has 0 amide bonds. The van der Waals surface area contributed by atoms with E-state index in [1.807, 2.05) is 0 Å². The van der Waals surface area contributed by atoms with E-state index in [0.29, 0.717) is 27.8 Å². The highest BCUT2D eigenvalue weighted by Crippen LogP contribution is 2.40. The number of hydrogen-bond acceptors (Lipinski definition) is 5. The molecular weight excluding hydrogens is 323 g/mol. The van der Waals surface area contributed by atoms with Crippen LogP contribution in [0.4, 0.5) is 17.1 Å². The average Bonchev–Trinajstić information content (AvgIpc) is 2.39. The summed E-state index contributed by atoms with van der Waals surface area (Å²) in [5.41, 5.74) is 6.78. The minimum Gasteiger partial charge on any atom is -0.494 e. The minimum atomic E-state index is 0.284. The molecule has 2 N–H and O–H groups in total. The Hall–Kier alpha value is -1.56. The molecule has 0 radical (unpaired) electrons. The lowest BCUT2D eigenvalue weighted by Gasteiger charge is -2.07. The van der Waals surface area contributed by atoms with Gasteiger partial charge in [-0.2, -0.15) is 0 Å². The van der Waals surface area contributed by atoms with Gasteiger partial charge in [0.1, 0.15) is 17.1 Å². The Bertz CT molecular complexity index is 656. The second-order valence-corrected chi connectivity index (χ2v) is 4.93. The van der Waals surface area contributed by atoms with E-state index >= 15 is 0 Å². The Morgan fingerprint density at radius 2 is 1.60 bits per heavy atom. The van der Waals surface area contributed by atoms with Crippen molar-refractivity contribution in [1.29, 1.82) is 0 Å². The molecule has 0 unspecified atom stereocenters. The second kappa shape index (κ2) is 6.26. The first-order chi connectivity index (χ1) is 9.52. The van der Waals surface area contributed by atoms with E-state index in [0.717, 1.165) is 0 Å². The first kappa shape index (κ1) is 14.8. The fraction of sp³-hybridized carbons (Fsp3) is 0.0833. The number of hydrogen-bond donors (Lipinski definition) is 1. The van der Waals surface area contributed by atoms with Crippen molar-refractivity contribution in [3.8, 4) is 5.75 Å². The molecule has 1 aromatic heterocycles. The molecule has 5 nitrogen and oxygen atoms in total. The van der Waals surface area contributed by atoms with E-state index in [9.17, 15) is 0 Å². The topological polar surface area (TPSA) is 72.9 Å². The normalized spacial score (nSPS) is 11.0. The molecule has 0 aliphatic carbocycles. The SMILES string of the molecule is COc1cc(N)cc(Cl)c1N=Nc1c(Cl)cncc1Cl. The Balaban J connectivity index is 2.47. The van der Waals surface area contributed by atoms with Crippen LogP contribution in [-0.2, 0) is 0 Å². The first-order valence-corrected chi connectivity index (χ1v) is 6.50. The summed E-state index contributed by atoms with van der Waals surface area (Å²) in [6.45, 7) is 0. The summed E-state index contributed by atoms with van der Waals surface area (Å²) in [6, 6.07) is 3.14. The quantitative estimate of drug-likeness (QED) is 0.632. The van der Waals surface area contributed by atoms with Gasteiger partial charge in [-0.25, -0.2) is 0 Å². The molecule has 0 spiro atoms. The van der Waals surface area contributed by atoms with Crippen molar-refractivity contribution in [2.24, 2.45) is 10.2 Å². The molecule has 0 atom stereocenters. The van der Waals surface area contributed by atoms with Crippen molar-refractivity contribution in [3.63, 3.8) is 0 Å². The predicted octanol–water partition coefficient (Wildman–Crippen LogP) is 5.05. The van der Waals surface area contributed by atoms with Crippen LogP contribution in [0.5, 0.6) is 5.75 Å². The minimum absolute atomic E-state index is 0.284. The molecule has 104 valence electrons. The maximum Gasteiger partial charge on any atom is 0.149 e. The number of pyridine rings is 1. The number of halogens is 3. The molecule has 0 saturated carbocycles. The van der Waals surface area contributed by atoms with E-state index in [-0.39, 0.29) is 10.0 Å². The third kappa shape index (κ3) is 3.12. The lowest BCUT2D eigenvalue weighted by Crippen LogP contribution is -1.89. The monoisotopic (exact) mass is 330 g/mol. The molecule has 0 aliphatic rings. The maximum atomic E-state index is 6.07. The summed E-state index contributed by atoms with van der Waals surface area (Å²) in [5.74, 6) is 0.403. The van der Waals surface area contributed by atoms with E-state index in [1.54, 1.807) is 12.1 Å². The zero-order valence-electron chi connectivity index (χ0n) is 10.3. The molecule has 2 rings (SSSR count). The Kier molecular flexibility index (Phi) is 4.65. The standard InChI is InChI=1S/C12H9Cl3N4O/c1-20-10-3-6(16)2-7(13)12(10)19-18-11-8(14)4-17-5-9(11)15/h2-5H,16H2,1H3. The number of methoxy groups -OCH3 is 1. The maximum absolute atomic E-state index is 6.07. The Morgan fingerprint density at radius 3 is 2.20 bits per heavy atom. The molecule has 1 heterocycles. The number of nitrogens with two attached hydrogens (primary N) is 1. The summed E-state index contributed by atoms with van der Waals surface area (Å²) in [7, 11) is 1.48. The molecule has 0 aliphatic heterocycles. The van der Waals surface area contributed by atoms with Crippen LogP contribution in [0.25, 0.3) is 0 Å². The van der Waals surface area contributed by atoms with Gasteiger partial charge in [0.25, 0.3) is 0 Å². The average molecular weight is 332 g/mol. The van der Waals surface area contributed by atoms with E-state index < -0.39 is 0 Å². The van der Waals surface area contributed by atoms with Gasteiger partial charge in [0.2, 0.25) is 0 Å². The summed E-state index contributed by atoms with van der Waals surface area (Å²) < 4.78 is 5.16. The van der Waals surface area contributed by atoms with Gasteiger partial charge in [-0.15, -0.1) is 10.2 Å². The van der Waals surface area contributed by atoms with Crippen molar-refractivity contribution in [2.45, 2.75) is 0 Å². The highest BCUT2D eigenvalue weighted by molar-refractivity contribution is 6.38. The van der Waals surface area contributed by atoms with Gasteiger partial charge >= 0.3 is 0 Å². The molecule has 2 aromatic rings. The smallest absolute Gasteiger partial charge is 0.149 e. The number of azo groups is 1. The fourth-order valence-electron chi connectivity index (χ4n) is 1.45. The van der Waals surface area contributed by atoms with Crippen molar-refractivity contribution in [1.82, 2.24) is 4.98 Å². The number of nitrogens with zero attached hydrogens (tertiary/aromatic N) is 3. The number of benzene rings is 1. The molecular formula is C12H9Cl3N4O. The van der Waals surface area contributed by atoms with Gasteiger partial charge in [0, 0.05) is 24.1 Å². The van der Waals surface area contributed by atoms with E-state index in [4.69, 9.17) is 45.3 Å². The van der Waals surface area contributed by atoms with Gasteiger partial charge < -0.3 is 10.5 Å². The fourth-order valence-corrected chi connectivity index (χ4v) is 2.14. The first-order valence-electron chi connectivity index (χ1n) is 5.36. The third-order valence-corrected chi connectivity index (χ3v) is 3.19. The number of nitrogen functional groups attached to an aromatic ring is 1. The van der Waals surface area contributed by atoms with Gasteiger partial charge in [0.05, 0.1) is 22.2 Å². The summed E-state index contributed by atoms with van der Waals surface area (Å²) in [4.78, 5) is 3.83. The van der Waals surface area contributed by atoms with Crippen LogP contribution in [0.3, 0.4) is 0 Å². The van der Waals surface area contributed by atoms with Crippen LogP contribution in [0, 0.1) is 0 Å². The molecule has 20 heavy (non-hydrogen) atoms. The van der Waals surface area contributed by atoms with Crippen LogP contribution in [-0.4, -0.2) is 12.1 Å². The number of anilines is 1.